The number of ketones is 1. The number of rotatable bonds is 7. The smallest absolute Gasteiger partial charge is 0.222 e. The van der Waals surface area contributed by atoms with Crippen LogP contribution in [0.5, 0.6) is 0 Å². The highest BCUT2D eigenvalue weighted by Crippen LogP contribution is 2.14. The minimum absolute atomic E-state index is 0.00461. The fourth-order valence-corrected chi connectivity index (χ4v) is 3.06. The van der Waals surface area contributed by atoms with Gasteiger partial charge in [-0.2, -0.15) is 5.10 Å². The van der Waals surface area contributed by atoms with Crippen LogP contribution in [-0.2, 0) is 17.8 Å². The summed E-state index contributed by atoms with van der Waals surface area (Å²) >= 11 is 0. The Morgan fingerprint density at radius 2 is 1.96 bits per heavy atom. The molecule has 0 radical (unpaired) electrons. The average molecular weight is 342 g/mol. The lowest BCUT2D eigenvalue weighted by Crippen LogP contribution is -2.34. The third-order valence-electron chi connectivity index (χ3n) is 4.15. The van der Waals surface area contributed by atoms with Crippen molar-refractivity contribution in [3.05, 3.63) is 46.5 Å². The molecule has 0 saturated carbocycles. The van der Waals surface area contributed by atoms with Gasteiger partial charge >= 0.3 is 0 Å². The van der Waals surface area contributed by atoms with Gasteiger partial charge in [0.05, 0.1) is 11.3 Å². The van der Waals surface area contributed by atoms with Gasteiger partial charge in [-0.1, -0.05) is 6.07 Å². The quantitative estimate of drug-likeness (QED) is 0.785. The number of hydrogen-bond acceptors (Lipinski definition) is 4. The number of amides is 1. The molecule has 0 spiro atoms. The summed E-state index contributed by atoms with van der Waals surface area (Å²) < 4.78 is 1.73. The van der Waals surface area contributed by atoms with Crippen LogP contribution < -0.4 is 5.32 Å². The van der Waals surface area contributed by atoms with Crippen molar-refractivity contribution in [2.45, 2.75) is 60.0 Å². The number of nitrogens with zero attached hydrogens (tertiary/aromatic N) is 3. The SMILES string of the molecule is CC(=O)c1c(C)nn(CCC(=O)N[C@H](C)Cc2cccc(C)n2)c1C. The van der Waals surface area contributed by atoms with E-state index in [2.05, 4.69) is 15.4 Å². The first-order valence-corrected chi connectivity index (χ1v) is 8.54. The summed E-state index contributed by atoms with van der Waals surface area (Å²) in [5.74, 6) is -0.0259. The van der Waals surface area contributed by atoms with E-state index in [-0.39, 0.29) is 17.7 Å². The molecule has 6 nitrogen and oxygen atoms in total. The van der Waals surface area contributed by atoms with Gasteiger partial charge in [-0.15, -0.1) is 0 Å². The number of pyridine rings is 1. The van der Waals surface area contributed by atoms with Crippen LogP contribution in [-0.4, -0.2) is 32.5 Å². The zero-order chi connectivity index (χ0) is 18.6. The van der Waals surface area contributed by atoms with E-state index >= 15 is 0 Å². The number of aromatic nitrogens is 3. The molecule has 0 aliphatic rings. The molecule has 0 unspecified atom stereocenters. The first kappa shape index (κ1) is 18.8. The topological polar surface area (TPSA) is 76.9 Å². The second kappa shape index (κ2) is 8.05. The maximum Gasteiger partial charge on any atom is 0.222 e. The van der Waals surface area contributed by atoms with Crippen LogP contribution in [0, 0.1) is 20.8 Å². The first-order chi connectivity index (χ1) is 11.8. The Kier molecular flexibility index (Phi) is 6.07. The molecule has 6 heteroatoms. The van der Waals surface area contributed by atoms with E-state index in [9.17, 15) is 9.59 Å². The number of carbonyl (C=O) groups is 2. The highest BCUT2D eigenvalue weighted by atomic mass is 16.1. The van der Waals surface area contributed by atoms with E-state index in [0.717, 1.165) is 17.1 Å². The largest absolute Gasteiger partial charge is 0.353 e. The Morgan fingerprint density at radius 1 is 1.24 bits per heavy atom. The molecule has 134 valence electrons. The maximum atomic E-state index is 12.2. The van der Waals surface area contributed by atoms with E-state index in [1.807, 2.05) is 45.9 Å². The molecule has 0 fully saturated rings. The molecule has 2 aromatic heterocycles. The fraction of sp³-hybridized carbons (Fsp3) is 0.474. The molecule has 2 aromatic rings. The first-order valence-electron chi connectivity index (χ1n) is 8.54. The van der Waals surface area contributed by atoms with Crippen LogP contribution in [0.1, 0.15) is 53.4 Å². The van der Waals surface area contributed by atoms with Crippen LogP contribution in [0.2, 0.25) is 0 Å². The van der Waals surface area contributed by atoms with Crippen molar-refractivity contribution in [1.29, 1.82) is 0 Å². The molecule has 1 amide bonds. The van der Waals surface area contributed by atoms with Gasteiger partial charge in [-0.3, -0.25) is 19.3 Å². The third kappa shape index (κ3) is 4.98. The Hall–Kier alpha value is -2.50. The molecule has 0 aliphatic carbocycles. The standard InChI is InChI=1S/C19H26N4O2/c1-12-7-6-8-17(20-12)11-13(2)21-18(25)9-10-23-15(4)19(16(5)24)14(3)22-23/h6-8,13H,9-11H2,1-5H3,(H,21,25)/t13-/m1/s1. The molecule has 25 heavy (non-hydrogen) atoms. The van der Waals surface area contributed by atoms with Crippen LogP contribution in [0.3, 0.4) is 0 Å². The summed E-state index contributed by atoms with van der Waals surface area (Å²) in [7, 11) is 0. The van der Waals surface area contributed by atoms with Crippen molar-refractivity contribution >= 4 is 11.7 Å². The van der Waals surface area contributed by atoms with Gasteiger partial charge in [0.25, 0.3) is 0 Å². The zero-order valence-corrected chi connectivity index (χ0v) is 15.6. The van der Waals surface area contributed by atoms with Gasteiger partial charge in [-0.05, 0) is 46.8 Å². The van der Waals surface area contributed by atoms with Gasteiger partial charge < -0.3 is 5.32 Å². The average Bonchev–Trinajstić information content (AvgIpc) is 2.79. The second-order valence-electron chi connectivity index (χ2n) is 6.52. The number of aryl methyl sites for hydroxylation is 3. The molecular formula is C19H26N4O2. The van der Waals surface area contributed by atoms with E-state index in [1.165, 1.54) is 6.92 Å². The van der Waals surface area contributed by atoms with Gasteiger partial charge in [0.1, 0.15) is 0 Å². The molecule has 0 bridgehead atoms. The summed E-state index contributed by atoms with van der Waals surface area (Å²) in [5, 5.41) is 7.36. The van der Waals surface area contributed by atoms with Crippen LogP contribution in [0.25, 0.3) is 0 Å². The van der Waals surface area contributed by atoms with E-state index < -0.39 is 0 Å². The predicted octanol–water partition coefficient (Wildman–Crippen LogP) is 2.54. The van der Waals surface area contributed by atoms with E-state index in [4.69, 9.17) is 0 Å². The van der Waals surface area contributed by atoms with Gasteiger partial charge in [0.2, 0.25) is 5.91 Å². The van der Waals surface area contributed by atoms with E-state index in [1.54, 1.807) is 4.68 Å². The summed E-state index contributed by atoms with van der Waals surface area (Å²) in [5.41, 5.74) is 4.12. The zero-order valence-electron chi connectivity index (χ0n) is 15.6. The Balaban J connectivity index is 1.88. The summed E-state index contributed by atoms with van der Waals surface area (Å²) in [6.07, 6.45) is 1.02. The molecule has 2 rings (SSSR count). The van der Waals surface area contributed by atoms with Gasteiger partial charge in [-0.25, -0.2) is 0 Å². The third-order valence-corrected chi connectivity index (χ3v) is 4.15. The molecule has 0 saturated heterocycles. The van der Waals surface area contributed by atoms with Crippen molar-refractivity contribution < 1.29 is 9.59 Å². The number of nitrogens with one attached hydrogen (secondary N) is 1. The predicted molar refractivity (Wildman–Crippen MR) is 96.6 cm³/mol. The van der Waals surface area contributed by atoms with E-state index in [0.29, 0.717) is 30.6 Å². The van der Waals surface area contributed by atoms with Crippen LogP contribution >= 0.6 is 0 Å². The lowest BCUT2D eigenvalue weighted by molar-refractivity contribution is -0.121. The summed E-state index contributed by atoms with van der Waals surface area (Å²) in [6.45, 7) is 9.60. The van der Waals surface area contributed by atoms with Gasteiger partial charge in [0, 0.05) is 42.5 Å². The molecular weight excluding hydrogens is 316 g/mol. The Bertz CT molecular complexity index is 780. The maximum absolute atomic E-state index is 12.2. The van der Waals surface area contributed by atoms with Crippen LogP contribution in [0.15, 0.2) is 18.2 Å². The van der Waals surface area contributed by atoms with Crippen molar-refractivity contribution in [2.75, 3.05) is 0 Å². The molecule has 0 aromatic carbocycles. The minimum atomic E-state index is -0.0305. The molecule has 2 heterocycles. The molecule has 1 atom stereocenters. The summed E-state index contributed by atoms with van der Waals surface area (Å²) in [6, 6.07) is 5.91. The Labute approximate surface area is 148 Å². The number of Topliss-reactive ketones (excluding diaryl/α,β-unsaturated/α-hetero) is 1. The van der Waals surface area contributed by atoms with Crippen molar-refractivity contribution in [3.8, 4) is 0 Å². The fourth-order valence-electron chi connectivity index (χ4n) is 3.06. The Morgan fingerprint density at radius 3 is 2.56 bits per heavy atom. The minimum Gasteiger partial charge on any atom is -0.353 e. The normalized spacial score (nSPS) is 12.0. The van der Waals surface area contributed by atoms with Crippen LogP contribution in [0.4, 0.5) is 0 Å². The lowest BCUT2D eigenvalue weighted by atomic mass is 10.1. The van der Waals surface area contributed by atoms with Crippen molar-refractivity contribution in [3.63, 3.8) is 0 Å². The number of hydrogen-bond donors (Lipinski definition) is 1. The number of carbonyl (C=O) groups excluding carboxylic acids is 2. The summed E-state index contributed by atoms with van der Waals surface area (Å²) in [4.78, 5) is 28.3. The monoisotopic (exact) mass is 342 g/mol. The van der Waals surface area contributed by atoms with Crippen molar-refractivity contribution in [1.82, 2.24) is 20.1 Å². The van der Waals surface area contributed by atoms with Gasteiger partial charge in [0.15, 0.2) is 5.78 Å². The van der Waals surface area contributed by atoms with Crippen molar-refractivity contribution in [2.24, 2.45) is 0 Å². The lowest BCUT2D eigenvalue weighted by Gasteiger charge is -2.14. The highest BCUT2D eigenvalue weighted by Gasteiger charge is 2.16. The molecule has 1 N–H and O–H groups in total. The second-order valence-corrected chi connectivity index (χ2v) is 6.52. The molecule has 0 aliphatic heterocycles. The highest BCUT2D eigenvalue weighted by molar-refractivity contribution is 5.96.